The van der Waals surface area contributed by atoms with Crippen LogP contribution in [-0.2, 0) is 4.74 Å². The first-order chi connectivity index (χ1) is 12.5. The Bertz CT molecular complexity index is 675. The fraction of sp³-hybridized carbons (Fsp3) is 0.550. The Morgan fingerprint density at radius 3 is 2.81 bits per heavy atom. The molecule has 2 amide bonds. The summed E-state index contributed by atoms with van der Waals surface area (Å²) in [5.41, 5.74) is 1.62. The van der Waals surface area contributed by atoms with Crippen molar-refractivity contribution in [3.63, 3.8) is 0 Å². The second-order valence-electron chi connectivity index (χ2n) is 7.49. The van der Waals surface area contributed by atoms with E-state index in [1.54, 1.807) is 17.0 Å². The van der Waals surface area contributed by atoms with Crippen LogP contribution in [0.5, 0.6) is 0 Å². The van der Waals surface area contributed by atoms with E-state index < -0.39 is 0 Å². The summed E-state index contributed by atoms with van der Waals surface area (Å²) >= 11 is 0. The molecule has 1 N–H and O–H groups in total. The summed E-state index contributed by atoms with van der Waals surface area (Å²) in [6.45, 7) is 9.22. The number of carbonyl (C=O) groups is 1. The van der Waals surface area contributed by atoms with Crippen molar-refractivity contribution in [3.05, 3.63) is 41.7 Å². The number of rotatable bonds is 4. The predicted octanol–water partition coefficient (Wildman–Crippen LogP) is 2.74. The van der Waals surface area contributed by atoms with Crippen molar-refractivity contribution in [2.75, 3.05) is 45.9 Å². The lowest BCUT2D eigenvalue weighted by Gasteiger charge is -2.42. The van der Waals surface area contributed by atoms with Crippen molar-refractivity contribution in [3.8, 4) is 0 Å². The fourth-order valence-electron chi connectivity index (χ4n) is 3.53. The molecular weight excluding hydrogens is 333 g/mol. The normalized spacial score (nSPS) is 20.6. The van der Waals surface area contributed by atoms with Gasteiger partial charge in [-0.25, -0.2) is 9.18 Å². The van der Waals surface area contributed by atoms with Crippen molar-refractivity contribution in [1.82, 2.24) is 15.1 Å². The molecule has 1 aromatic rings. The number of hydrogen-bond acceptors (Lipinski definition) is 3. The monoisotopic (exact) mass is 361 g/mol. The zero-order valence-electron chi connectivity index (χ0n) is 15.6. The van der Waals surface area contributed by atoms with Crippen LogP contribution in [0.25, 0.3) is 5.57 Å². The minimum Gasteiger partial charge on any atom is -0.378 e. The van der Waals surface area contributed by atoms with Gasteiger partial charge >= 0.3 is 6.03 Å². The maximum absolute atomic E-state index is 13.9. The Balaban J connectivity index is 1.47. The molecule has 26 heavy (non-hydrogen) atoms. The van der Waals surface area contributed by atoms with Crippen LogP contribution < -0.4 is 5.32 Å². The second-order valence-corrected chi connectivity index (χ2v) is 7.49. The minimum atomic E-state index is -0.204. The Hall–Kier alpha value is -1.92. The molecule has 0 unspecified atom stereocenters. The summed E-state index contributed by atoms with van der Waals surface area (Å²) in [6, 6.07) is 6.74. The average Bonchev–Trinajstić information content (AvgIpc) is 2.63. The molecule has 2 aliphatic rings. The molecular formula is C20H28FN3O2. The molecule has 0 atom stereocenters. The zero-order valence-corrected chi connectivity index (χ0v) is 15.6. The Morgan fingerprint density at radius 2 is 2.12 bits per heavy atom. The number of nitrogens with zero attached hydrogens (tertiary/aromatic N) is 2. The van der Waals surface area contributed by atoms with E-state index in [2.05, 4.69) is 24.1 Å². The quantitative estimate of drug-likeness (QED) is 0.897. The maximum atomic E-state index is 13.9. The van der Waals surface area contributed by atoms with E-state index in [0.717, 1.165) is 31.9 Å². The van der Waals surface area contributed by atoms with Crippen molar-refractivity contribution in [2.45, 2.75) is 25.8 Å². The van der Waals surface area contributed by atoms with E-state index in [4.69, 9.17) is 4.74 Å². The second kappa shape index (κ2) is 8.18. The fourth-order valence-corrected chi connectivity index (χ4v) is 3.53. The largest absolute Gasteiger partial charge is 0.378 e. The van der Waals surface area contributed by atoms with Gasteiger partial charge in [0.2, 0.25) is 0 Å². The van der Waals surface area contributed by atoms with Gasteiger partial charge in [0.15, 0.2) is 0 Å². The van der Waals surface area contributed by atoms with Crippen LogP contribution in [0.3, 0.4) is 0 Å². The molecule has 142 valence electrons. The Morgan fingerprint density at radius 1 is 1.31 bits per heavy atom. The minimum absolute atomic E-state index is 0.00545. The third-order valence-electron chi connectivity index (χ3n) is 5.19. The highest BCUT2D eigenvalue weighted by Crippen LogP contribution is 2.24. The Kier molecular flexibility index (Phi) is 5.94. The average molecular weight is 361 g/mol. The summed E-state index contributed by atoms with van der Waals surface area (Å²) in [5.74, 6) is -0.204. The van der Waals surface area contributed by atoms with Gasteiger partial charge in [0, 0.05) is 43.8 Å². The number of carbonyl (C=O) groups excluding carboxylic acids is 1. The topological polar surface area (TPSA) is 44.8 Å². The molecule has 1 aromatic carbocycles. The third kappa shape index (κ3) is 4.43. The summed E-state index contributed by atoms with van der Waals surface area (Å²) in [6.07, 6.45) is 2.62. The maximum Gasteiger partial charge on any atom is 0.317 e. The number of hydrogen-bond donors (Lipinski definition) is 1. The first kappa shape index (κ1) is 18.9. The Labute approximate surface area is 154 Å². The summed E-state index contributed by atoms with van der Waals surface area (Å²) in [7, 11) is 0. The van der Waals surface area contributed by atoms with E-state index in [9.17, 15) is 9.18 Å². The van der Waals surface area contributed by atoms with Crippen molar-refractivity contribution in [1.29, 1.82) is 0 Å². The molecule has 2 aliphatic heterocycles. The lowest BCUT2D eigenvalue weighted by molar-refractivity contribution is -0.0498. The van der Waals surface area contributed by atoms with Gasteiger partial charge in [0.25, 0.3) is 0 Å². The van der Waals surface area contributed by atoms with Crippen molar-refractivity contribution >= 4 is 11.6 Å². The van der Waals surface area contributed by atoms with Gasteiger partial charge in [-0.15, -0.1) is 0 Å². The van der Waals surface area contributed by atoms with Crippen molar-refractivity contribution in [2.24, 2.45) is 0 Å². The number of benzene rings is 1. The van der Waals surface area contributed by atoms with Crippen LogP contribution in [-0.4, -0.2) is 67.3 Å². The van der Waals surface area contributed by atoms with Gasteiger partial charge in [-0.2, -0.15) is 0 Å². The lowest BCUT2D eigenvalue weighted by atomic mass is 9.99. The molecule has 1 saturated heterocycles. The molecule has 2 heterocycles. The number of nitrogens with one attached hydrogen (secondary N) is 1. The van der Waals surface area contributed by atoms with Crippen LogP contribution in [0, 0.1) is 5.82 Å². The molecule has 0 radical (unpaired) electrons. The zero-order chi connectivity index (χ0) is 18.6. The van der Waals surface area contributed by atoms with E-state index in [1.807, 2.05) is 12.1 Å². The lowest BCUT2D eigenvalue weighted by Crippen LogP contribution is -2.55. The van der Waals surface area contributed by atoms with Crippen LogP contribution >= 0.6 is 0 Å². The molecule has 3 rings (SSSR count). The van der Waals surface area contributed by atoms with E-state index >= 15 is 0 Å². The van der Waals surface area contributed by atoms with Gasteiger partial charge in [-0.3, -0.25) is 4.90 Å². The van der Waals surface area contributed by atoms with Crippen LogP contribution in [0.4, 0.5) is 9.18 Å². The van der Waals surface area contributed by atoms with Crippen LogP contribution in [0.15, 0.2) is 30.3 Å². The third-order valence-corrected chi connectivity index (χ3v) is 5.19. The first-order valence-electron chi connectivity index (χ1n) is 9.27. The number of amides is 2. The van der Waals surface area contributed by atoms with Gasteiger partial charge in [-0.1, -0.05) is 24.3 Å². The highest BCUT2D eigenvalue weighted by Gasteiger charge is 2.30. The van der Waals surface area contributed by atoms with Gasteiger partial charge in [0.05, 0.1) is 13.2 Å². The highest BCUT2D eigenvalue weighted by molar-refractivity contribution is 5.76. The molecule has 0 aromatic heterocycles. The smallest absolute Gasteiger partial charge is 0.317 e. The standard InChI is InChI=1S/C20H28FN3O2/c1-20(2)15-26-14-13-24(20)12-9-22-19(25)23-10-7-16(8-11-23)17-5-3-4-6-18(17)21/h3-7H,8-15H2,1-2H3,(H,22,25). The molecule has 1 fully saturated rings. The van der Waals surface area contributed by atoms with Crippen LogP contribution in [0.1, 0.15) is 25.8 Å². The highest BCUT2D eigenvalue weighted by atomic mass is 19.1. The molecule has 6 heteroatoms. The molecule has 0 saturated carbocycles. The number of halogens is 1. The molecule has 0 bridgehead atoms. The summed E-state index contributed by atoms with van der Waals surface area (Å²) in [5, 5.41) is 3.00. The van der Waals surface area contributed by atoms with Gasteiger partial charge in [0.1, 0.15) is 5.82 Å². The van der Waals surface area contributed by atoms with E-state index in [0.29, 0.717) is 31.6 Å². The number of urea groups is 1. The predicted molar refractivity (Wildman–Crippen MR) is 100 cm³/mol. The SMILES string of the molecule is CC1(C)COCCN1CCNC(=O)N1CC=C(c2ccccc2F)CC1. The van der Waals surface area contributed by atoms with Gasteiger partial charge in [-0.05, 0) is 31.9 Å². The van der Waals surface area contributed by atoms with Gasteiger partial charge < -0.3 is 15.0 Å². The molecule has 5 nitrogen and oxygen atoms in total. The van der Waals surface area contributed by atoms with Crippen molar-refractivity contribution < 1.29 is 13.9 Å². The molecule has 0 spiro atoms. The first-order valence-corrected chi connectivity index (χ1v) is 9.27. The number of morpholine rings is 1. The summed E-state index contributed by atoms with van der Waals surface area (Å²) in [4.78, 5) is 16.5. The molecule has 0 aliphatic carbocycles. The van der Waals surface area contributed by atoms with E-state index in [-0.39, 0.29) is 17.4 Å². The van der Waals surface area contributed by atoms with Crippen LogP contribution in [0.2, 0.25) is 0 Å². The summed E-state index contributed by atoms with van der Waals surface area (Å²) < 4.78 is 19.4. The van der Waals surface area contributed by atoms with E-state index in [1.165, 1.54) is 6.07 Å². The number of ether oxygens (including phenoxy) is 1.